The lowest BCUT2D eigenvalue weighted by Gasteiger charge is -2.30. The molecule has 0 unspecified atom stereocenters. The second kappa shape index (κ2) is 8.53. The van der Waals surface area contributed by atoms with Crippen LogP contribution in [0.3, 0.4) is 0 Å². The summed E-state index contributed by atoms with van der Waals surface area (Å²) in [6, 6.07) is 15.7. The van der Waals surface area contributed by atoms with Crippen LogP contribution in [-0.4, -0.2) is 38.8 Å². The predicted molar refractivity (Wildman–Crippen MR) is 99.4 cm³/mol. The van der Waals surface area contributed by atoms with Gasteiger partial charge in [0, 0.05) is 13.1 Å². The van der Waals surface area contributed by atoms with Crippen LogP contribution in [0, 0.1) is 0 Å². The Balaban J connectivity index is 1.63. The van der Waals surface area contributed by atoms with Crippen LogP contribution in [0.4, 0.5) is 11.4 Å². The highest BCUT2D eigenvalue weighted by Gasteiger charge is 2.16. The molecule has 2 aromatic rings. The van der Waals surface area contributed by atoms with Gasteiger partial charge in [0.1, 0.15) is 5.75 Å². The van der Waals surface area contributed by atoms with Gasteiger partial charge in [-0.15, -0.1) is 0 Å². The van der Waals surface area contributed by atoms with Crippen LogP contribution in [0.25, 0.3) is 0 Å². The monoisotopic (exact) mass is 340 g/mol. The summed E-state index contributed by atoms with van der Waals surface area (Å²) in [4.78, 5) is 14.6. The van der Waals surface area contributed by atoms with Crippen molar-refractivity contribution >= 4 is 17.3 Å². The van der Waals surface area contributed by atoms with E-state index in [1.165, 1.54) is 0 Å². The van der Waals surface area contributed by atoms with Crippen molar-refractivity contribution in [2.45, 2.75) is 13.3 Å². The van der Waals surface area contributed by atoms with Gasteiger partial charge in [-0.2, -0.15) is 0 Å². The third kappa shape index (κ3) is 4.51. The zero-order chi connectivity index (χ0) is 17.5. The molecule has 0 bridgehead atoms. The van der Waals surface area contributed by atoms with Crippen molar-refractivity contribution in [3.05, 3.63) is 54.1 Å². The molecule has 0 aliphatic carbocycles. The Bertz CT molecular complexity index is 712. The highest BCUT2D eigenvalue weighted by Crippen LogP contribution is 2.26. The number of rotatable bonds is 6. The minimum Gasteiger partial charge on any atom is -0.483 e. The minimum absolute atomic E-state index is 0.00550. The maximum Gasteiger partial charge on any atom is 0.262 e. The fourth-order valence-corrected chi connectivity index (χ4v) is 2.93. The summed E-state index contributed by atoms with van der Waals surface area (Å²) in [7, 11) is 0. The number of morpholine rings is 1. The Labute approximate surface area is 148 Å². The second-order valence-corrected chi connectivity index (χ2v) is 5.91. The number of carbonyl (C=O) groups excluding carboxylic acids is 1. The van der Waals surface area contributed by atoms with Gasteiger partial charge in [0.25, 0.3) is 5.91 Å². The van der Waals surface area contributed by atoms with Crippen LogP contribution in [-0.2, 0) is 16.0 Å². The van der Waals surface area contributed by atoms with Crippen molar-refractivity contribution < 1.29 is 14.3 Å². The molecule has 1 fully saturated rings. The Morgan fingerprint density at radius 2 is 1.84 bits per heavy atom. The van der Waals surface area contributed by atoms with Crippen molar-refractivity contribution in [1.29, 1.82) is 0 Å². The maximum absolute atomic E-state index is 12.3. The van der Waals surface area contributed by atoms with Crippen molar-refractivity contribution in [1.82, 2.24) is 0 Å². The summed E-state index contributed by atoms with van der Waals surface area (Å²) in [6.07, 6.45) is 0.873. The van der Waals surface area contributed by atoms with E-state index in [0.717, 1.165) is 42.2 Å². The van der Waals surface area contributed by atoms with Gasteiger partial charge in [-0.1, -0.05) is 37.3 Å². The maximum atomic E-state index is 12.3. The van der Waals surface area contributed by atoms with Crippen LogP contribution in [0.5, 0.6) is 5.75 Å². The van der Waals surface area contributed by atoms with Gasteiger partial charge >= 0.3 is 0 Å². The largest absolute Gasteiger partial charge is 0.483 e. The average Bonchev–Trinajstić information content (AvgIpc) is 2.67. The van der Waals surface area contributed by atoms with Gasteiger partial charge in [-0.3, -0.25) is 4.79 Å². The van der Waals surface area contributed by atoms with Crippen molar-refractivity contribution in [3.63, 3.8) is 0 Å². The van der Waals surface area contributed by atoms with Gasteiger partial charge < -0.3 is 19.7 Å². The second-order valence-electron chi connectivity index (χ2n) is 5.91. The number of hydrogen-bond donors (Lipinski definition) is 1. The SMILES string of the molecule is CCc1ccccc1OCC(=O)Nc1ccccc1N1CCOCC1. The van der Waals surface area contributed by atoms with Crippen LogP contribution >= 0.6 is 0 Å². The van der Waals surface area contributed by atoms with Crippen molar-refractivity contribution in [2.75, 3.05) is 43.1 Å². The molecule has 25 heavy (non-hydrogen) atoms. The number of hydrogen-bond acceptors (Lipinski definition) is 4. The molecule has 0 radical (unpaired) electrons. The molecule has 132 valence electrons. The highest BCUT2D eigenvalue weighted by molar-refractivity contribution is 5.95. The molecule has 5 heteroatoms. The lowest BCUT2D eigenvalue weighted by atomic mass is 10.1. The highest BCUT2D eigenvalue weighted by atomic mass is 16.5. The molecule has 1 aliphatic rings. The van der Waals surface area contributed by atoms with Crippen molar-refractivity contribution in [3.8, 4) is 5.75 Å². The first-order chi connectivity index (χ1) is 12.3. The molecule has 1 aliphatic heterocycles. The van der Waals surface area contributed by atoms with Gasteiger partial charge in [0.15, 0.2) is 6.61 Å². The van der Waals surface area contributed by atoms with E-state index < -0.39 is 0 Å². The van der Waals surface area contributed by atoms with E-state index in [9.17, 15) is 4.79 Å². The number of anilines is 2. The number of aryl methyl sites for hydroxylation is 1. The number of amides is 1. The summed E-state index contributed by atoms with van der Waals surface area (Å²) in [6.45, 7) is 5.13. The van der Waals surface area contributed by atoms with Crippen LogP contribution < -0.4 is 15.0 Å². The first-order valence-corrected chi connectivity index (χ1v) is 8.70. The van der Waals surface area contributed by atoms with E-state index in [4.69, 9.17) is 9.47 Å². The quantitative estimate of drug-likeness (QED) is 0.878. The molecule has 1 amide bonds. The van der Waals surface area contributed by atoms with E-state index in [-0.39, 0.29) is 12.5 Å². The lowest BCUT2D eigenvalue weighted by Crippen LogP contribution is -2.37. The van der Waals surface area contributed by atoms with Gasteiger partial charge in [0.2, 0.25) is 0 Å². The third-order valence-corrected chi connectivity index (χ3v) is 4.24. The molecular formula is C20H24N2O3. The predicted octanol–water partition coefficient (Wildman–Crippen LogP) is 3.10. The molecule has 1 heterocycles. The molecule has 5 nitrogen and oxygen atoms in total. The third-order valence-electron chi connectivity index (χ3n) is 4.24. The van der Waals surface area contributed by atoms with E-state index in [2.05, 4.69) is 17.1 Å². The first-order valence-electron chi connectivity index (χ1n) is 8.70. The molecule has 0 spiro atoms. The summed E-state index contributed by atoms with van der Waals surface area (Å²) >= 11 is 0. The standard InChI is InChI=1S/C20H24N2O3/c1-2-16-7-3-6-10-19(16)25-15-20(23)21-17-8-4-5-9-18(17)22-11-13-24-14-12-22/h3-10H,2,11-15H2,1H3,(H,21,23). The van der Waals surface area contributed by atoms with Crippen LogP contribution in [0.15, 0.2) is 48.5 Å². The molecular weight excluding hydrogens is 316 g/mol. The molecule has 1 saturated heterocycles. The topological polar surface area (TPSA) is 50.8 Å². The molecule has 3 rings (SSSR count). The zero-order valence-corrected chi connectivity index (χ0v) is 14.5. The first kappa shape index (κ1) is 17.3. The number of carbonyl (C=O) groups is 1. The Hall–Kier alpha value is -2.53. The molecule has 1 N–H and O–H groups in total. The average molecular weight is 340 g/mol. The summed E-state index contributed by atoms with van der Waals surface area (Å²) in [5.41, 5.74) is 2.93. The van der Waals surface area contributed by atoms with Crippen molar-refractivity contribution in [2.24, 2.45) is 0 Å². The van der Waals surface area contributed by atoms with E-state index in [0.29, 0.717) is 13.2 Å². The van der Waals surface area contributed by atoms with E-state index >= 15 is 0 Å². The summed E-state index contributed by atoms with van der Waals surface area (Å²) in [5.74, 6) is 0.605. The molecule has 2 aromatic carbocycles. The molecule has 0 aromatic heterocycles. The van der Waals surface area contributed by atoms with Gasteiger partial charge in [-0.05, 0) is 30.2 Å². The Morgan fingerprint density at radius 3 is 2.64 bits per heavy atom. The van der Waals surface area contributed by atoms with E-state index in [1.54, 1.807) is 0 Å². The summed E-state index contributed by atoms with van der Waals surface area (Å²) < 4.78 is 11.1. The van der Waals surface area contributed by atoms with Gasteiger partial charge in [0.05, 0.1) is 24.6 Å². The number of ether oxygens (including phenoxy) is 2. The van der Waals surface area contributed by atoms with Gasteiger partial charge in [-0.25, -0.2) is 0 Å². The lowest BCUT2D eigenvalue weighted by molar-refractivity contribution is -0.118. The van der Waals surface area contributed by atoms with E-state index in [1.807, 2.05) is 48.5 Å². The number of nitrogens with one attached hydrogen (secondary N) is 1. The Kier molecular flexibility index (Phi) is 5.90. The zero-order valence-electron chi connectivity index (χ0n) is 14.5. The summed E-state index contributed by atoms with van der Waals surface area (Å²) in [5, 5.41) is 2.97. The van der Waals surface area contributed by atoms with Crippen LogP contribution in [0.1, 0.15) is 12.5 Å². The fraction of sp³-hybridized carbons (Fsp3) is 0.350. The molecule has 0 atom stereocenters. The number of para-hydroxylation sites is 3. The smallest absolute Gasteiger partial charge is 0.262 e. The molecule has 0 saturated carbocycles. The van der Waals surface area contributed by atoms with Crippen LogP contribution in [0.2, 0.25) is 0 Å². The fourth-order valence-electron chi connectivity index (χ4n) is 2.93. The minimum atomic E-state index is -0.161. The normalized spacial score (nSPS) is 14.2. The number of nitrogens with zero attached hydrogens (tertiary/aromatic N) is 1. The Morgan fingerprint density at radius 1 is 1.12 bits per heavy atom. The number of benzene rings is 2.